The van der Waals surface area contributed by atoms with Gasteiger partial charge in [0.15, 0.2) is 0 Å². The number of non-ortho nitro benzene ring substituents is 1. The standard InChI is InChI=1S/C17H12N2O3/c1-10-7-12(3-4-13(10)9-18)17-11(2)15-6-5-14(19(20)21)8-16(15)22-17/h3-8H,1-2H3. The van der Waals surface area contributed by atoms with Crippen LogP contribution in [0.1, 0.15) is 16.7 Å². The molecule has 0 aliphatic carbocycles. The summed E-state index contributed by atoms with van der Waals surface area (Å²) in [7, 11) is 0. The number of nitriles is 1. The van der Waals surface area contributed by atoms with Gasteiger partial charge in [-0.05, 0) is 43.7 Å². The molecule has 0 aliphatic heterocycles. The maximum Gasteiger partial charge on any atom is 0.273 e. The van der Waals surface area contributed by atoms with E-state index in [2.05, 4.69) is 6.07 Å². The fourth-order valence-corrected chi connectivity index (χ4v) is 2.53. The molecule has 0 atom stereocenters. The first-order chi connectivity index (χ1) is 10.5. The molecule has 0 spiro atoms. The number of hydrogen-bond donors (Lipinski definition) is 0. The molecule has 0 fully saturated rings. The molecule has 2 aromatic carbocycles. The molecule has 5 nitrogen and oxygen atoms in total. The summed E-state index contributed by atoms with van der Waals surface area (Å²) >= 11 is 0. The van der Waals surface area contributed by atoms with E-state index < -0.39 is 4.92 Å². The number of fused-ring (bicyclic) bond motifs is 1. The number of nitro groups is 1. The Bertz CT molecular complexity index is 948. The minimum Gasteiger partial charge on any atom is -0.456 e. The molecular weight excluding hydrogens is 280 g/mol. The number of nitro benzene ring substituents is 1. The van der Waals surface area contributed by atoms with Crippen LogP contribution in [0.5, 0.6) is 0 Å². The molecule has 0 amide bonds. The third-order valence-corrected chi connectivity index (χ3v) is 3.74. The van der Waals surface area contributed by atoms with Gasteiger partial charge in [0.2, 0.25) is 0 Å². The monoisotopic (exact) mass is 292 g/mol. The Balaban J connectivity index is 2.19. The lowest BCUT2D eigenvalue weighted by molar-refractivity contribution is -0.384. The molecule has 0 aliphatic rings. The van der Waals surface area contributed by atoms with E-state index in [4.69, 9.17) is 9.68 Å². The molecule has 5 heteroatoms. The molecule has 0 saturated carbocycles. The van der Waals surface area contributed by atoms with Gasteiger partial charge in [0.25, 0.3) is 5.69 Å². The van der Waals surface area contributed by atoms with Gasteiger partial charge in [0.05, 0.1) is 22.6 Å². The number of benzene rings is 2. The van der Waals surface area contributed by atoms with Gasteiger partial charge in [0.1, 0.15) is 11.3 Å². The molecule has 3 aromatic rings. The first-order valence-electron chi connectivity index (χ1n) is 6.70. The van der Waals surface area contributed by atoms with E-state index in [1.165, 1.54) is 12.1 Å². The molecule has 3 rings (SSSR count). The van der Waals surface area contributed by atoms with E-state index in [0.29, 0.717) is 16.9 Å². The van der Waals surface area contributed by atoms with Crippen LogP contribution in [0.15, 0.2) is 40.8 Å². The zero-order valence-corrected chi connectivity index (χ0v) is 12.1. The maximum absolute atomic E-state index is 10.9. The number of aryl methyl sites for hydroxylation is 2. The molecule has 22 heavy (non-hydrogen) atoms. The summed E-state index contributed by atoms with van der Waals surface area (Å²) in [4.78, 5) is 10.4. The van der Waals surface area contributed by atoms with E-state index in [0.717, 1.165) is 22.1 Å². The Labute approximate surface area is 126 Å². The van der Waals surface area contributed by atoms with E-state index in [-0.39, 0.29) is 5.69 Å². The second-order valence-corrected chi connectivity index (χ2v) is 5.14. The van der Waals surface area contributed by atoms with Crippen LogP contribution in [-0.4, -0.2) is 4.92 Å². The summed E-state index contributed by atoms with van der Waals surface area (Å²) in [6.07, 6.45) is 0. The van der Waals surface area contributed by atoms with Gasteiger partial charge >= 0.3 is 0 Å². The first kappa shape index (κ1) is 13.8. The van der Waals surface area contributed by atoms with E-state index >= 15 is 0 Å². The van der Waals surface area contributed by atoms with Crippen molar-refractivity contribution in [1.29, 1.82) is 5.26 Å². The van der Waals surface area contributed by atoms with Gasteiger partial charge in [-0.2, -0.15) is 5.26 Å². The number of hydrogen-bond acceptors (Lipinski definition) is 4. The lowest BCUT2D eigenvalue weighted by atomic mass is 10.0. The summed E-state index contributed by atoms with van der Waals surface area (Å²) in [5.41, 5.74) is 3.76. The van der Waals surface area contributed by atoms with Crippen LogP contribution in [0.3, 0.4) is 0 Å². The number of furan rings is 1. The predicted molar refractivity (Wildman–Crippen MR) is 82.5 cm³/mol. The number of rotatable bonds is 2. The Morgan fingerprint density at radius 1 is 1.18 bits per heavy atom. The van der Waals surface area contributed by atoms with Crippen LogP contribution in [0.4, 0.5) is 5.69 Å². The molecule has 0 N–H and O–H groups in total. The van der Waals surface area contributed by atoms with Crippen LogP contribution in [0.25, 0.3) is 22.3 Å². The molecule has 1 heterocycles. The normalized spacial score (nSPS) is 10.6. The third-order valence-electron chi connectivity index (χ3n) is 3.74. The summed E-state index contributed by atoms with van der Waals surface area (Å²) in [6, 6.07) is 12.2. The van der Waals surface area contributed by atoms with Gasteiger partial charge in [-0.3, -0.25) is 10.1 Å². The average Bonchev–Trinajstić information content (AvgIpc) is 2.83. The SMILES string of the molecule is Cc1cc(-c2oc3cc([N+](=O)[O-])ccc3c2C)ccc1C#N. The topological polar surface area (TPSA) is 80.1 Å². The fraction of sp³-hybridized carbons (Fsp3) is 0.118. The zero-order valence-electron chi connectivity index (χ0n) is 12.1. The van der Waals surface area contributed by atoms with Gasteiger partial charge in [0, 0.05) is 22.6 Å². The minimum absolute atomic E-state index is 0.00353. The average molecular weight is 292 g/mol. The molecule has 0 bridgehead atoms. The summed E-state index contributed by atoms with van der Waals surface area (Å²) in [5, 5.41) is 20.7. The Kier molecular flexibility index (Phi) is 3.15. The highest BCUT2D eigenvalue weighted by Gasteiger charge is 2.16. The van der Waals surface area contributed by atoms with Crippen molar-refractivity contribution >= 4 is 16.7 Å². The van der Waals surface area contributed by atoms with Gasteiger partial charge in [-0.1, -0.05) is 0 Å². The molecule has 108 valence electrons. The van der Waals surface area contributed by atoms with Gasteiger partial charge in [-0.25, -0.2) is 0 Å². The highest BCUT2D eigenvalue weighted by atomic mass is 16.6. The van der Waals surface area contributed by atoms with Gasteiger partial charge < -0.3 is 4.42 Å². The Morgan fingerprint density at radius 2 is 1.95 bits per heavy atom. The largest absolute Gasteiger partial charge is 0.456 e. The first-order valence-corrected chi connectivity index (χ1v) is 6.70. The summed E-state index contributed by atoms with van der Waals surface area (Å²) in [6.45, 7) is 3.78. The van der Waals surface area contributed by atoms with Crippen LogP contribution >= 0.6 is 0 Å². The van der Waals surface area contributed by atoms with Crippen LogP contribution in [0, 0.1) is 35.3 Å². The smallest absolute Gasteiger partial charge is 0.273 e. The number of nitrogens with zero attached hydrogens (tertiary/aromatic N) is 2. The highest BCUT2D eigenvalue weighted by molar-refractivity contribution is 5.89. The van der Waals surface area contributed by atoms with Gasteiger partial charge in [-0.15, -0.1) is 0 Å². The second kappa shape index (κ2) is 5.01. The van der Waals surface area contributed by atoms with Crippen LogP contribution in [-0.2, 0) is 0 Å². The quantitative estimate of drug-likeness (QED) is 0.514. The Morgan fingerprint density at radius 3 is 2.59 bits per heavy atom. The molecule has 1 aromatic heterocycles. The van der Waals surface area contributed by atoms with Crippen molar-refractivity contribution in [3.8, 4) is 17.4 Å². The third kappa shape index (κ3) is 2.11. The molecular formula is C17H12N2O3. The second-order valence-electron chi connectivity index (χ2n) is 5.14. The van der Waals surface area contributed by atoms with E-state index in [9.17, 15) is 10.1 Å². The lowest BCUT2D eigenvalue weighted by Crippen LogP contribution is -1.86. The summed E-state index contributed by atoms with van der Waals surface area (Å²) < 4.78 is 5.82. The van der Waals surface area contributed by atoms with Crippen molar-refractivity contribution in [3.05, 3.63) is 63.2 Å². The van der Waals surface area contributed by atoms with E-state index in [1.807, 2.05) is 26.0 Å². The van der Waals surface area contributed by atoms with Crippen LogP contribution < -0.4 is 0 Å². The van der Waals surface area contributed by atoms with Crippen molar-refractivity contribution in [2.24, 2.45) is 0 Å². The van der Waals surface area contributed by atoms with Crippen molar-refractivity contribution in [2.45, 2.75) is 13.8 Å². The molecule has 0 saturated heterocycles. The van der Waals surface area contributed by atoms with Crippen molar-refractivity contribution < 1.29 is 9.34 Å². The van der Waals surface area contributed by atoms with Crippen molar-refractivity contribution in [1.82, 2.24) is 0 Å². The van der Waals surface area contributed by atoms with Crippen molar-refractivity contribution in [3.63, 3.8) is 0 Å². The highest BCUT2D eigenvalue weighted by Crippen LogP contribution is 2.35. The van der Waals surface area contributed by atoms with Crippen LogP contribution in [0.2, 0.25) is 0 Å². The summed E-state index contributed by atoms with van der Waals surface area (Å²) in [5.74, 6) is 0.670. The predicted octanol–water partition coefficient (Wildman–Crippen LogP) is 4.50. The molecule has 0 unspecified atom stereocenters. The molecule has 0 radical (unpaired) electrons. The minimum atomic E-state index is -0.442. The lowest BCUT2D eigenvalue weighted by Gasteiger charge is -2.02. The van der Waals surface area contributed by atoms with Crippen molar-refractivity contribution in [2.75, 3.05) is 0 Å². The zero-order chi connectivity index (χ0) is 15.9. The van der Waals surface area contributed by atoms with E-state index in [1.54, 1.807) is 12.1 Å². The fourth-order valence-electron chi connectivity index (χ4n) is 2.53. The Hall–Kier alpha value is -3.13. The maximum atomic E-state index is 10.9.